The van der Waals surface area contributed by atoms with E-state index in [2.05, 4.69) is 15.4 Å². The summed E-state index contributed by atoms with van der Waals surface area (Å²) < 4.78 is 16.8. The van der Waals surface area contributed by atoms with E-state index in [1.165, 1.54) is 5.01 Å². The van der Waals surface area contributed by atoms with Crippen LogP contribution in [0.5, 0.6) is 11.5 Å². The number of carbonyl (C=O) groups excluding carboxylic acids is 2. The molecule has 1 aliphatic rings. The maximum absolute atomic E-state index is 12.7. The van der Waals surface area contributed by atoms with Crippen LogP contribution in [0.1, 0.15) is 41.9 Å². The predicted molar refractivity (Wildman–Crippen MR) is 135 cm³/mol. The van der Waals surface area contributed by atoms with E-state index >= 15 is 0 Å². The number of nitrogens with one attached hydrogen (secondary N) is 1. The predicted octanol–water partition coefficient (Wildman–Crippen LogP) is 4.88. The van der Waals surface area contributed by atoms with Gasteiger partial charge in [-0.25, -0.2) is 4.79 Å². The van der Waals surface area contributed by atoms with E-state index in [-0.39, 0.29) is 12.5 Å². The van der Waals surface area contributed by atoms with Gasteiger partial charge < -0.3 is 19.5 Å². The number of anilines is 1. The number of amides is 2. The Morgan fingerprint density at radius 1 is 1.08 bits per heavy atom. The highest BCUT2D eigenvalue weighted by Crippen LogP contribution is 2.30. The van der Waals surface area contributed by atoms with Gasteiger partial charge in [0.2, 0.25) is 0 Å². The number of carbonyl (C=O) groups is 2. The smallest absolute Gasteiger partial charge is 0.431 e. The molecule has 186 valence electrons. The van der Waals surface area contributed by atoms with Gasteiger partial charge in [-0.2, -0.15) is 10.1 Å². The summed E-state index contributed by atoms with van der Waals surface area (Å²) >= 11 is 0. The highest BCUT2D eigenvalue weighted by atomic mass is 16.6. The largest absolute Gasteiger partial charge is 0.493 e. The van der Waals surface area contributed by atoms with Crippen LogP contribution in [0.15, 0.2) is 72.0 Å². The van der Waals surface area contributed by atoms with Crippen molar-refractivity contribution < 1.29 is 23.8 Å². The van der Waals surface area contributed by atoms with Crippen molar-refractivity contribution >= 4 is 23.4 Å². The highest BCUT2D eigenvalue weighted by molar-refractivity contribution is 6.06. The first-order chi connectivity index (χ1) is 17.5. The van der Waals surface area contributed by atoms with Crippen LogP contribution in [0.2, 0.25) is 0 Å². The van der Waals surface area contributed by atoms with Crippen LogP contribution < -0.4 is 14.8 Å². The molecule has 2 heterocycles. The second kappa shape index (κ2) is 11.4. The van der Waals surface area contributed by atoms with E-state index in [9.17, 15) is 9.59 Å². The molecule has 0 bridgehead atoms. The minimum Gasteiger partial charge on any atom is -0.493 e. The normalized spacial score (nSPS) is 15.1. The average Bonchev–Trinajstić information content (AvgIpc) is 2.91. The SMILES string of the molecule is CCOc1ccc(C2=NN(Cc3ccc(NC(=O)c4ccccn4)cc3)C(=O)OC2CC)cc1OC. The molecule has 3 aromatic rings. The fourth-order valence-electron chi connectivity index (χ4n) is 3.75. The van der Waals surface area contributed by atoms with Gasteiger partial charge in [-0.15, -0.1) is 0 Å². The van der Waals surface area contributed by atoms with Crippen molar-refractivity contribution in [1.82, 2.24) is 9.99 Å². The van der Waals surface area contributed by atoms with Gasteiger partial charge in [-0.1, -0.05) is 25.1 Å². The molecule has 1 N–H and O–H groups in total. The molecule has 1 aromatic heterocycles. The van der Waals surface area contributed by atoms with E-state index in [4.69, 9.17) is 14.2 Å². The zero-order valence-electron chi connectivity index (χ0n) is 20.4. The summed E-state index contributed by atoms with van der Waals surface area (Å²) in [5, 5.41) is 8.75. The van der Waals surface area contributed by atoms with Crippen molar-refractivity contribution in [3.8, 4) is 11.5 Å². The Morgan fingerprint density at radius 3 is 2.56 bits per heavy atom. The van der Waals surface area contributed by atoms with Crippen molar-refractivity contribution in [2.75, 3.05) is 19.0 Å². The topological polar surface area (TPSA) is 102 Å². The first-order valence-corrected chi connectivity index (χ1v) is 11.7. The number of aromatic nitrogens is 1. The van der Waals surface area contributed by atoms with E-state index in [1.807, 2.05) is 44.2 Å². The molecule has 2 amide bonds. The van der Waals surface area contributed by atoms with E-state index in [0.717, 1.165) is 11.1 Å². The molecule has 0 saturated heterocycles. The summed E-state index contributed by atoms with van der Waals surface area (Å²) in [7, 11) is 1.58. The summed E-state index contributed by atoms with van der Waals surface area (Å²) in [6.45, 7) is 4.57. The lowest BCUT2D eigenvalue weighted by molar-refractivity contribution is 0.0712. The van der Waals surface area contributed by atoms with Gasteiger partial charge in [0.1, 0.15) is 17.5 Å². The Morgan fingerprint density at radius 2 is 1.89 bits per heavy atom. The number of cyclic esters (lactones) is 1. The summed E-state index contributed by atoms with van der Waals surface area (Å²) in [5.74, 6) is 0.921. The van der Waals surface area contributed by atoms with Crippen molar-refractivity contribution in [2.24, 2.45) is 5.10 Å². The van der Waals surface area contributed by atoms with Gasteiger partial charge >= 0.3 is 6.09 Å². The third-order valence-corrected chi connectivity index (χ3v) is 5.56. The summed E-state index contributed by atoms with van der Waals surface area (Å²) in [4.78, 5) is 29.0. The molecule has 0 radical (unpaired) electrons. The minimum atomic E-state index is -0.518. The lowest BCUT2D eigenvalue weighted by Crippen LogP contribution is -2.41. The molecule has 9 nitrogen and oxygen atoms in total. The van der Waals surface area contributed by atoms with Crippen molar-refractivity contribution in [2.45, 2.75) is 32.9 Å². The monoisotopic (exact) mass is 488 g/mol. The van der Waals surface area contributed by atoms with Crippen LogP contribution in [0.25, 0.3) is 0 Å². The molecule has 0 fully saturated rings. The first-order valence-electron chi connectivity index (χ1n) is 11.7. The zero-order chi connectivity index (χ0) is 25.5. The van der Waals surface area contributed by atoms with Crippen LogP contribution in [0.4, 0.5) is 10.5 Å². The first kappa shape index (κ1) is 24.7. The Labute approximate surface area is 209 Å². The number of rotatable bonds is 9. The van der Waals surface area contributed by atoms with Gasteiger partial charge in [0.15, 0.2) is 11.5 Å². The number of hydrogen-bond acceptors (Lipinski definition) is 7. The van der Waals surface area contributed by atoms with Gasteiger partial charge in [-0.05, 0) is 61.4 Å². The maximum Gasteiger partial charge on any atom is 0.431 e. The standard InChI is InChI=1S/C27H28N4O5/c1-4-22-25(19-11-14-23(35-5-2)24(16-19)34-3)30-31(27(33)36-22)17-18-9-12-20(13-10-18)29-26(32)21-8-6-7-15-28-21/h6-16,22H,4-5,17H2,1-3H3,(H,29,32). The van der Waals surface area contributed by atoms with Gasteiger partial charge in [0, 0.05) is 17.4 Å². The summed E-state index contributed by atoms with van der Waals surface area (Å²) in [5.41, 5.74) is 3.19. The second-order valence-corrected chi connectivity index (χ2v) is 7.99. The Bertz CT molecular complexity index is 1240. The third kappa shape index (κ3) is 5.63. The van der Waals surface area contributed by atoms with E-state index < -0.39 is 12.2 Å². The van der Waals surface area contributed by atoms with Crippen molar-refractivity contribution in [3.63, 3.8) is 0 Å². The Balaban J connectivity index is 1.52. The van der Waals surface area contributed by atoms with Crippen LogP contribution in [-0.2, 0) is 11.3 Å². The molecule has 2 aromatic carbocycles. The molecule has 0 aliphatic carbocycles. The Hall–Kier alpha value is -4.40. The number of pyridine rings is 1. The van der Waals surface area contributed by atoms with E-state index in [0.29, 0.717) is 41.6 Å². The third-order valence-electron chi connectivity index (χ3n) is 5.56. The average molecular weight is 489 g/mol. The molecule has 9 heteroatoms. The maximum atomic E-state index is 12.7. The van der Waals surface area contributed by atoms with Crippen LogP contribution >= 0.6 is 0 Å². The number of hydrogen-bond donors (Lipinski definition) is 1. The highest BCUT2D eigenvalue weighted by Gasteiger charge is 2.31. The molecule has 1 unspecified atom stereocenters. The molecule has 1 atom stereocenters. The number of nitrogens with zero attached hydrogens (tertiary/aromatic N) is 3. The number of ether oxygens (including phenoxy) is 3. The van der Waals surface area contributed by atoms with Crippen LogP contribution in [-0.4, -0.2) is 47.5 Å². The quantitative estimate of drug-likeness (QED) is 0.461. The second-order valence-electron chi connectivity index (χ2n) is 7.99. The number of benzene rings is 2. The van der Waals surface area contributed by atoms with Crippen molar-refractivity contribution in [3.05, 3.63) is 83.7 Å². The number of hydrazone groups is 1. The van der Waals surface area contributed by atoms with Crippen molar-refractivity contribution in [1.29, 1.82) is 0 Å². The van der Waals surface area contributed by atoms with E-state index in [1.54, 1.807) is 43.6 Å². The Kier molecular flexibility index (Phi) is 7.79. The fourth-order valence-corrected chi connectivity index (χ4v) is 3.75. The van der Waals surface area contributed by atoms with Gasteiger partial charge in [0.05, 0.1) is 20.3 Å². The lowest BCUT2D eigenvalue weighted by Gasteiger charge is -2.29. The van der Waals surface area contributed by atoms with Gasteiger partial charge in [-0.3, -0.25) is 9.78 Å². The molecular weight excluding hydrogens is 460 g/mol. The van der Waals surface area contributed by atoms with Crippen LogP contribution in [0, 0.1) is 0 Å². The summed E-state index contributed by atoms with van der Waals surface area (Å²) in [6, 6.07) is 17.9. The number of methoxy groups -OCH3 is 1. The van der Waals surface area contributed by atoms with Crippen LogP contribution in [0.3, 0.4) is 0 Å². The molecular formula is C27H28N4O5. The molecule has 0 saturated carbocycles. The molecule has 0 spiro atoms. The molecule has 1 aliphatic heterocycles. The molecule has 4 rings (SSSR count). The molecule has 36 heavy (non-hydrogen) atoms. The fraction of sp³-hybridized carbons (Fsp3) is 0.259. The zero-order valence-corrected chi connectivity index (χ0v) is 20.4. The minimum absolute atomic E-state index is 0.210. The van der Waals surface area contributed by atoms with Gasteiger partial charge in [0.25, 0.3) is 5.91 Å². The lowest BCUT2D eigenvalue weighted by atomic mass is 10.0. The summed E-state index contributed by atoms with van der Waals surface area (Å²) in [6.07, 6.45) is 1.16.